The lowest BCUT2D eigenvalue weighted by atomic mass is 10.2. The zero-order chi connectivity index (χ0) is 27.6. The number of fused-ring (bicyclic) bond motifs is 1. The number of hydrogen-bond donors (Lipinski definition) is 1. The lowest BCUT2D eigenvalue weighted by molar-refractivity contribution is 0.208. The van der Waals surface area contributed by atoms with Crippen molar-refractivity contribution in [2.75, 3.05) is 63.1 Å². The Hall–Kier alpha value is -3.59. The summed E-state index contributed by atoms with van der Waals surface area (Å²) in [6.07, 6.45) is 5.16. The molecule has 0 atom stereocenters. The fourth-order valence-corrected chi connectivity index (χ4v) is 4.64. The molecule has 2 amide bonds. The molecule has 212 valence electrons. The summed E-state index contributed by atoms with van der Waals surface area (Å²) in [5.41, 5.74) is 1.62. The molecule has 3 aromatic rings. The highest BCUT2D eigenvalue weighted by Gasteiger charge is 2.23. The van der Waals surface area contributed by atoms with Crippen molar-refractivity contribution in [3.8, 4) is 11.5 Å². The number of amides is 2. The van der Waals surface area contributed by atoms with Gasteiger partial charge in [-0.1, -0.05) is 13.3 Å². The van der Waals surface area contributed by atoms with E-state index >= 15 is 0 Å². The minimum atomic E-state index is -0.0990. The average Bonchev–Trinajstić information content (AvgIpc) is 2.94. The fraction of sp³-hybridized carbons (Fsp3) is 0.500. The van der Waals surface area contributed by atoms with Gasteiger partial charge in [-0.05, 0) is 76.7 Å². The van der Waals surface area contributed by atoms with Gasteiger partial charge >= 0.3 is 6.03 Å². The van der Waals surface area contributed by atoms with E-state index in [0.29, 0.717) is 32.8 Å². The Morgan fingerprint density at radius 2 is 1.74 bits per heavy atom. The van der Waals surface area contributed by atoms with Crippen LogP contribution in [0, 0.1) is 0 Å². The van der Waals surface area contributed by atoms with E-state index < -0.39 is 0 Å². The highest BCUT2D eigenvalue weighted by molar-refractivity contribution is 5.91. The maximum atomic E-state index is 12.8. The predicted octanol–water partition coefficient (Wildman–Crippen LogP) is 5.52. The molecule has 1 aromatic heterocycles. The molecular formula is C30H44N6O3. The number of anilines is 2. The molecule has 2 aromatic carbocycles. The van der Waals surface area contributed by atoms with Crippen LogP contribution in [0.15, 0.2) is 48.8 Å². The zero-order valence-corrected chi connectivity index (χ0v) is 23.7. The molecule has 2 heterocycles. The lowest BCUT2D eigenvalue weighted by Crippen LogP contribution is -2.50. The first-order chi connectivity index (χ1) is 18.9. The molecule has 0 unspecified atom stereocenters. The number of nitrogens with one attached hydrogen (secondary N) is 1. The Labute approximate surface area is 233 Å². The van der Waals surface area contributed by atoms with Crippen LogP contribution in [-0.2, 0) is 0 Å². The van der Waals surface area contributed by atoms with E-state index in [1.807, 2.05) is 61.2 Å². The molecule has 1 fully saturated rings. The van der Waals surface area contributed by atoms with E-state index in [9.17, 15) is 4.79 Å². The molecule has 0 spiro atoms. The van der Waals surface area contributed by atoms with E-state index in [4.69, 9.17) is 9.47 Å². The van der Waals surface area contributed by atoms with Gasteiger partial charge in [0, 0.05) is 51.3 Å². The van der Waals surface area contributed by atoms with E-state index in [1.165, 1.54) is 12.8 Å². The maximum Gasteiger partial charge on any atom is 0.321 e. The Bertz CT molecular complexity index is 1200. The maximum absolute atomic E-state index is 12.8. The Kier molecular flexibility index (Phi) is 10.2. The first kappa shape index (κ1) is 28.4. The number of unbranched alkanes of at least 4 members (excludes halogenated alkanes) is 1. The fourth-order valence-electron chi connectivity index (χ4n) is 4.64. The minimum absolute atomic E-state index is 0. The van der Waals surface area contributed by atoms with Gasteiger partial charge in [0.05, 0.1) is 18.2 Å². The van der Waals surface area contributed by atoms with Gasteiger partial charge in [0.15, 0.2) is 0 Å². The summed E-state index contributed by atoms with van der Waals surface area (Å²) in [6, 6.07) is 13.4. The van der Waals surface area contributed by atoms with E-state index in [-0.39, 0.29) is 13.6 Å². The minimum Gasteiger partial charge on any atom is -0.493 e. The van der Waals surface area contributed by atoms with Crippen molar-refractivity contribution >= 4 is 28.4 Å². The summed E-state index contributed by atoms with van der Waals surface area (Å²) in [6.45, 7) is 11.7. The summed E-state index contributed by atoms with van der Waals surface area (Å²) in [5.74, 6) is 2.51. The second-order valence-corrected chi connectivity index (χ2v) is 10.3. The van der Waals surface area contributed by atoms with Gasteiger partial charge in [0.2, 0.25) is 0 Å². The van der Waals surface area contributed by atoms with Gasteiger partial charge in [0.25, 0.3) is 0 Å². The highest BCUT2D eigenvalue weighted by Crippen LogP contribution is 2.27. The summed E-state index contributed by atoms with van der Waals surface area (Å²) >= 11 is 0. The van der Waals surface area contributed by atoms with Crippen molar-refractivity contribution in [1.29, 1.82) is 0 Å². The molecule has 4 rings (SSSR count). The van der Waals surface area contributed by atoms with Gasteiger partial charge < -0.3 is 29.5 Å². The van der Waals surface area contributed by atoms with Crippen LogP contribution in [0.25, 0.3) is 10.9 Å². The molecule has 1 aliphatic heterocycles. The van der Waals surface area contributed by atoms with Crippen molar-refractivity contribution in [3.63, 3.8) is 0 Å². The molecule has 0 bridgehead atoms. The van der Waals surface area contributed by atoms with Crippen LogP contribution in [0.1, 0.15) is 41.5 Å². The van der Waals surface area contributed by atoms with Crippen molar-refractivity contribution in [2.24, 2.45) is 0 Å². The molecule has 0 saturated carbocycles. The molecule has 0 aliphatic carbocycles. The van der Waals surface area contributed by atoms with E-state index in [1.54, 1.807) is 6.33 Å². The molecule has 9 heteroatoms. The van der Waals surface area contributed by atoms with Crippen LogP contribution >= 0.6 is 0 Å². The first-order valence-corrected chi connectivity index (χ1v) is 14.1. The van der Waals surface area contributed by atoms with Gasteiger partial charge in [-0.2, -0.15) is 0 Å². The molecular weight excluding hydrogens is 492 g/mol. The summed E-state index contributed by atoms with van der Waals surface area (Å²) in [7, 11) is 2.17. The highest BCUT2D eigenvalue weighted by atomic mass is 16.5. The van der Waals surface area contributed by atoms with E-state index in [0.717, 1.165) is 53.4 Å². The standard InChI is InChI=1S/C30H42N6O3.H2/c1-5-6-14-34(4)15-7-20-38-26-12-13-27-28(21-26)31-22-32-29(27)35-16-18-36(19-17-35)30(37)33-24-8-10-25(11-9-24)39-23(2)3;/h8-13,21-23H,5-7,14-20H2,1-4H3,(H,33,37);1H. The third-order valence-electron chi connectivity index (χ3n) is 6.78. The summed E-state index contributed by atoms with van der Waals surface area (Å²) in [4.78, 5) is 28.3. The largest absolute Gasteiger partial charge is 0.493 e. The van der Waals surface area contributed by atoms with Crippen LogP contribution < -0.4 is 19.7 Å². The quantitative estimate of drug-likeness (QED) is 0.305. The summed E-state index contributed by atoms with van der Waals surface area (Å²) < 4.78 is 11.7. The number of nitrogens with zero attached hydrogens (tertiary/aromatic N) is 5. The van der Waals surface area contributed by atoms with Gasteiger partial charge in [-0.25, -0.2) is 14.8 Å². The second-order valence-electron chi connectivity index (χ2n) is 10.3. The van der Waals surface area contributed by atoms with E-state index in [2.05, 4.69) is 39.1 Å². The van der Waals surface area contributed by atoms with Gasteiger partial charge in [-0.3, -0.25) is 0 Å². The van der Waals surface area contributed by atoms with Crippen molar-refractivity contribution in [1.82, 2.24) is 19.8 Å². The smallest absolute Gasteiger partial charge is 0.321 e. The zero-order valence-electron chi connectivity index (χ0n) is 23.7. The van der Waals surface area contributed by atoms with Crippen LogP contribution in [-0.4, -0.2) is 84.8 Å². The lowest BCUT2D eigenvalue weighted by Gasteiger charge is -2.35. The SMILES string of the molecule is CCCCN(C)CCCOc1ccc2c(N3CCN(C(=O)Nc4ccc(OC(C)C)cc4)CC3)ncnc2c1.[HH]. The number of piperazine rings is 1. The second kappa shape index (κ2) is 14.0. The average molecular weight is 537 g/mol. The van der Waals surface area contributed by atoms with Crippen LogP contribution in [0.5, 0.6) is 11.5 Å². The topological polar surface area (TPSA) is 83.1 Å². The van der Waals surface area contributed by atoms with Crippen LogP contribution in [0.4, 0.5) is 16.3 Å². The molecule has 1 saturated heterocycles. The molecule has 39 heavy (non-hydrogen) atoms. The first-order valence-electron chi connectivity index (χ1n) is 14.1. The Morgan fingerprint density at radius 1 is 1.03 bits per heavy atom. The summed E-state index contributed by atoms with van der Waals surface area (Å²) in [5, 5.41) is 3.98. The normalized spacial score (nSPS) is 13.8. The monoisotopic (exact) mass is 536 g/mol. The third-order valence-corrected chi connectivity index (χ3v) is 6.78. The molecule has 1 N–H and O–H groups in total. The van der Waals surface area contributed by atoms with Crippen molar-refractivity contribution in [2.45, 2.75) is 46.1 Å². The van der Waals surface area contributed by atoms with Crippen LogP contribution in [0.2, 0.25) is 0 Å². The number of ether oxygens (including phenoxy) is 2. The third kappa shape index (κ3) is 8.20. The number of rotatable bonds is 12. The van der Waals surface area contributed by atoms with Crippen LogP contribution in [0.3, 0.4) is 0 Å². The van der Waals surface area contributed by atoms with Gasteiger partial charge in [-0.15, -0.1) is 0 Å². The van der Waals surface area contributed by atoms with Crippen molar-refractivity contribution < 1.29 is 15.7 Å². The number of benzene rings is 2. The number of aromatic nitrogens is 2. The van der Waals surface area contributed by atoms with Crippen molar-refractivity contribution in [3.05, 3.63) is 48.8 Å². The Morgan fingerprint density at radius 3 is 2.46 bits per heavy atom. The van der Waals surface area contributed by atoms with Gasteiger partial charge in [0.1, 0.15) is 23.6 Å². The number of hydrogen-bond acceptors (Lipinski definition) is 7. The Balaban J connectivity index is 0.00000441. The number of carbonyl (C=O) groups excluding carboxylic acids is 1. The molecule has 9 nitrogen and oxygen atoms in total. The number of urea groups is 1. The molecule has 1 aliphatic rings. The number of carbonyl (C=O) groups is 1. The molecule has 0 radical (unpaired) electrons. The predicted molar refractivity (Wildman–Crippen MR) is 159 cm³/mol.